The van der Waals surface area contributed by atoms with E-state index in [1.165, 1.54) is 0 Å². The highest BCUT2D eigenvalue weighted by Crippen LogP contribution is 2.26. The number of rotatable bonds is 5. The van der Waals surface area contributed by atoms with Crippen LogP contribution in [-0.4, -0.2) is 33.2 Å². The first-order valence-electron chi connectivity index (χ1n) is 6.43. The Kier molecular flexibility index (Phi) is 4.62. The number of carbonyl (C=O) groups is 1. The molecule has 0 spiro atoms. The Morgan fingerprint density at radius 3 is 2.71 bits per heavy atom. The Balaban J connectivity index is 2.35. The van der Waals surface area contributed by atoms with Crippen LogP contribution in [-0.2, 0) is 6.54 Å². The van der Waals surface area contributed by atoms with Gasteiger partial charge in [-0.25, -0.2) is 9.48 Å². The predicted octanol–water partition coefficient (Wildman–Crippen LogP) is 2.92. The van der Waals surface area contributed by atoms with Crippen LogP contribution in [0.5, 0.6) is 5.75 Å². The number of nitrogens with zero attached hydrogens (tertiary/aromatic N) is 3. The maximum absolute atomic E-state index is 11.2. The minimum atomic E-state index is -1.05. The fourth-order valence-corrected chi connectivity index (χ4v) is 2.73. The lowest BCUT2D eigenvalue weighted by molar-refractivity contribution is 0.0688. The second kappa shape index (κ2) is 6.26. The molecule has 0 aliphatic carbocycles. The minimum absolute atomic E-state index is 0.0116. The molecular formula is C14H16BrN3O3. The Labute approximate surface area is 130 Å². The minimum Gasteiger partial charge on any atom is -0.496 e. The molecule has 0 bridgehead atoms. The van der Waals surface area contributed by atoms with Crippen molar-refractivity contribution in [3.05, 3.63) is 39.6 Å². The van der Waals surface area contributed by atoms with E-state index in [1.807, 2.05) is 32.0 Å². The lowest BCUT2D eigenvalue weighted by Crippen LogP contribution is -2.11. The van der Waals surface area contributed by atoms with Crippen molar-refractivity contribution in [3.8, 4) is 5.75 Å². The van der Waals surface area contributed by atoms with Gasteiger partial charge in [0.2, 0.25) is 0 Å². The van der Waals surface area contributed by atoms with Crippen molar-refractivity contribution in [2.75, 3.05) is 7.11 Å². The summed E-state index contributed by atoms with van der Waals surface area (Å²) < 4.78 is 7.66. The summed E-state index contributed by atoms with van der Waals surface area (Å²) in [5.74, 6) is -0.290. The van der Waals surface area contributed by atoms with E-state index in [0.717, 1.165) is 15.8 Å². The van der Waals surface area contributed by atoms with Gasteiger partial charge in [-0.1, -0.05) is 25.1 Å². The van der Waals surface area contributed by atoms with Crippen LogP contribution in [0.1, 0.15) is 41.5 Å². The van der Waals surface area contributed by atoms with E-state index in [9.17, 15) is 4.79 Å². The molecule has 0 amide bonds. The smallest absolute Gasteiger partial charge is 0.358 e. The van der Waals surface area contributed by atoms with E-state index < -0.39 is 5.97 Å². The third-order valence-electron chi connectivity index (χ3n) is 3.07. The maximum atomic E-state index is 11.2. The number of ether oxygens (including phenoxy) is 1. The van der Waals surface area contributed by atoms with Gasteiger partial charge in [-0.15, -0.1) is 5.10 Å². The average Bonchev–Trinajstić information content (AvgIpc) is 2.83. The molecule has 1 N–H and O–H groups in total. The second-order valence-corrected chi connectivity index (χ2v) is 5.76. The molecule has 0 radical (unpaired) electrons. The standard InChI is InChI=1S/C14H16BrN3O3/c1-8(2)13-12(14(19)20)16-17-18(13)7-9-4-5-11(21-3)10(15)6-9/h4-6,8H,7H2,1-3H3,(H,19,20). The van der Waals surface area contributed by atoms with Crippen LogP contribution in [0, 0.1) is 0 Å². The lowest BCUT2D eigenvalue weighted by atomic mass is 10.1. The molecule has 0 unspecified atom stereocenters. The van der Waals surface area contributed by atoms with Crippen molar-refractivity contribution in [1.29, 1.82) is 0 Å². The van der Waals surface area contributed by atoms with Crippen molar-refractivity contribution in [1.82, 2.24) is 15.0 Å². The van der Waals surface area contributed by atoms with E-state index in [1.54, 1.807) is 11.8 Å². The van der Waals surface area contributed by atoms with Crippen LogP contribution < -0.4 is 4.74 Å². The second-order valence-electron chi connectivity index (χ2n) is 4.91. The molecule has 6 nitrogen and oxygen atoms in total. The maximum Gasteiger partial charge on any atom is 0.358 e. The van der Waals surface area contributed by atoms with Gasteiger partial charge in [0.1, 0.15) is 5.75 Å². The van der Waals surface area contributed by atoms with Crippen LogP contribution in [0.3, 0.4) is 0 Å². The van der Waals surface area contributed by atoms with Gasteiger partial charge in [-0.05, 0) is 39.5 Å². The first-order valence-corrected chi connectivity index (χ1v) is 7.22. The van der Waals surface area contributed by atoms with Crippen molar-refractivity contribution in [2.24, 2.45) is 0 Å². The van der Waals surface area contributed by atoms with Gasteiger partial charge in [0, 0.05) is 0 Å². The van der Waals surface area contributed by atoms with Gasteiger partial charge in [-0.3, -0.25) is 0 Å². The van der Waals surface area contributed by atoms with Gasteiger partial charge >= 0.3 is 5.97 Å². The number of aromatic carboxylic acids is 1. The first kappa shape index (κ1) is 15.5. The topological polar surface area (TPSA) is 77.2 Å². The number of halogens is 1. The van der Waals surface area contributed by atoms with Gasteiger partial charge in [0.25, 0.3) is 0 Å². The molecule has 1 aromatic heterocycles. The van der Waals surface area contributed by atoms with Gasteiger partial charge in [0.05, 0.1) is 23.8 Å². The Hall–Kier alpha value is -1.89. The summed E-state index contributed by atoms with van der Waals surface area (Å²) in [7, 11) is 1.60. The number of carboxylic acids is 1. The summed E-state index contributed by atoms with van der Waals surface area (Å²) in [6.45, 7) is 4.30. The highest BCUT2D eigenvalue weighted by molar-refractivity contribution is 9.10. The molecule has 0 saturated carbocycles. The van der Waals surface area contributed by atoms with Gasteiger partial charge in [0.15, 0.2) is 5.69 Å². The molecule has 112 valence electrons. The molecule has 21 heavy (non-hydrogen) atoms. The lowest BCUT2D eigenvalue weighted by Gasteiger charge is -2.11. The quantitative estimate of drug-likeness (QED) is 0.893. The summed E-state index contributed by atoms with van der Waals surface area (Å²) in [4.78, 5) is 11.2. The Bertz CT molecular complexity index is 667. The summed E-state index contributed by atoms with van der Waals surface area (Å²) in [6.07, 6.45) is 0. The van der Waals surface area contributed by atoms with Crippen LogP contribution in [0.4, 0.5) is 0 Å². The molecule has 0 atom stereocenters. The molecule has 7 heteroatoms. The number of hydrogen-bond donors (Lipinski definition) is 1. The van der Waals surface area contributed by atoms with Crippen LogP contribution >= 0.6 is 15.9 Å². The molecule has 2 rings (SSSR count). The van der Waals surface area contributed by atoms with E-state index in [0.29, 0.717) is 12.2 Å². The van der Waals surface area contributed by atoms with E-state index in [2.05, 4.69) is 26.2 Å². The third-order valence-corrected chi connectivity index (χ3v) is 3.69. The predicted molar refractivity (Wildman–Crippen MR) is 80.9 cm³/mol. The summed E-state index contributed by atoms with van der Waals surface area (Å²) in [5.41, 5.74) is 1.61. The number of hydrogen-bond acceptors (Lipinski definition) is 4. The molecule has 2 aromatic rings. The van der Waals surface area contributed by atoms with E-state index in [-0.39, 0.29) is 11.6 Å². The van der Waals surface area contributed by atoms with Crippen molar-refractivity contribution in [3.63, 3.8) is 0 Å². The zero-order chi connectivity index (χ0) is 15.6. The molecule has 1 aromatic carbocycles. The van der Waals surface area contributed by atoms with E-state index >= 15 is 0 Å². The molecule has 0 aliphatic heterocycles. The Morgan fingerprint density at radius 2 is 2.19 bits per heavy atom. The molecule has 0 fully saturated rings. The zero-order valence-electron chi connectivity index (χ0n) is 12.0. The average molecular weight is 354 g/mol. The number of carboxylic acid groups (broad SMARTS) is 1. The zero-order valence-corrected chi connectivity index (χ0v) is 13.6. The van der Waals surface area contributed by atoms with Crippen LogP contribution in [0.2, 0.25) is 0 Å². The molecular weight excluding hydrogens is 338 g/mol. The SMILES string of the molecule is COc1ccc(Cn2nnc(C(=O)O)c2C(C)C)cc1Br. The van der Waals surface area contributed by atoms with Crippen LogP contribution in [0.15, 0.2) is 22.7 Å². The molecule has 1 heterocycles. The number of aromatic nitrogens is 3. The first-order chi connectivity index (χ1) is 9.93. The molecule has 0 aliphatic rings. The third kappa shape index (κ3) is 3.24. The monoisotopic (exact) mass is 353 g/mol. The largest absolute Gasteiger partial charge is 0.496 e. The Morgan fingerprint density at radius 1 is 1.48 bits per heavy atom. The van der Waals surface area contributed by atoms with Gasteiger partial charge < -0.3 is 9.84 Å². The fraction of sp³-hybridized carbons (Fsp3) is 0.357. The highest BCUT2D eigenvalue weighted by atomic mass is 79.9. The van der Waals surface area contributed by atoms with Crippen LogP contribution in [0.25, 0.3) is 0 Å². The summed E-state index contributed by atoms with van der Waals surface area (Å²) in [5, 5.41) is 16.9. The van der Waals surface area contributed by atoms with Crippen molar-refractivity contribution >= 4 is 21.9 Å². The summed E-state index contributed by atoms with van der Waals surface area (Å²) in [6, 6.07) is 5.68. The highest BCUT2D eigenvalue weighted by Gasteiger charge is 2.21. The molecule has 0 saturated heterocycles. The van der Waals surface area contributed by atoms with Crippen molar-refractivity contribution < 1.29 is 14.6 Å². The number of methoxy groups -OCH3 is 1. The normalized spacial score (nSPS) is 10.9. The number of benzene rings is 1. The van der Waals surface area contributed by atoms with E-state index in [4.69, 9.17) is 9.84 Å². The van der Waals surface area contributed by atoms with Gasteiger partial charge in [-0.2, -0.15) is 0 Å². The fourth-order valence-electron chi connectivity index (χ4n) is 2.14. The summed E-state index contributed by atoms with van der Waals surface area (Å²) >= 11 is 3.43. The van der Waals surface area contributed by atoms with Crippen molar-refractivity contribution in [2.45, 2.75) is 26.3 Å².